The largest absolute Gasteiger partial charge is 0.335 e. The second-order valence-corrected chi connectivity index (χ2v) is 6.14. The van der Waals surface area contributed by atoms with E-state index in [4.69, 9.17) is 0 Å². The van der Waals surface area contributed by atoms with Gasteiger partial charge in [-0.15, -0.1) is 0 Å². The van der Waals surface area contributed by atoms with Crippen molar-refractivity contribution in [1.29, 1.82) is 0 Å². The van der Waals surface area contributed by atoms with Crippen LogP contribution in [0.15, 0.2) is 42.9 Å². The van der Waals surface area contributed by atoms with Crippen molar-refractivity contribution in [2.75, 3.05) is 6.54 Å². The second-order valence-electron chi connectivity index (χ2n) is 6.14. The lowest BCUT2D eigenvalue weighted by Crippen LogP contribution is -2.24. The quantitative estimate of drug-likeness (QED) is 0.701. The summed E-state index contributed by atoms with van der Waals surface area (Å²) in [6.07, 6.45) is 5.65. The molecule has 1 atom stereocenters. The molecule has 0 radical (unpaired) electrons. The molecule has 24 heavy (non-hydrogen) atoms. The van der Waals surface area contributed by atoms with E-state index >= 15 is 0 Å². The molecule has 3 rings (SSSR count). The zero-order valence-corrected chi connectivity index (χ0v) is 14.0. The van der Waals surface area contributed by atoms with Gasteiger partial charge in [-0.3, -0.25) is 5.10 Å². The molecular formula is C18H22FN5. The third-order valence-electron chi connectivity index (χ3n) is 4.09. The summed E-state index contributed by atoms with van der Waals surface area (Å²) in [6.45, 7) is 6.78. The van der Waals surface area contributed by atoms with Gasteiger partial charge in [-0.2, -0.15) is 5.10 Å². The molecule has 0 saturated heterocycles. The van der Waals surface area contributed by atoms with Crippen LogP contribution in [0.2, 0.25) is 0 Å². The highest BCUT2D eigenvalue weighted by molar-refractivity contribution is 5.62. The maximum Gasteiger partial charge on any atom is 0.123 e. The molecule has 0 fully saturated rings. The number of halogens is 1. The molecule has 1 unspecified atom stereocenters. The molecule has 0 bridgehead atoms. The SMILES string of the molecule is Cc1nccn1CC(C)CNCc1cn[nH]c1-c1ccc(F)cc1. The van der Waals surface area contributed by atoms with Crippen LogP contribution < -0.4 is 5.32 Å². The molecule has 2 aromatic heterocycles. The van der Waals surface area contributed by atoms with E-state index < -0.39 is 0 Å². The third-order valence-corrected chi connectivity index (χ3v) is 4.09. The summed E-state index contributed by atoms with van der Waals surface area (Å²) in [5, 5.41) is 10.6. The van der Waals surface area contributed by atoms with E-state index in [1.165, 1.54) is 12.1 Å². The van der Waals surface area contributed by atoms with Gasteiger partial charge < -0.3 is 9.88 Å². The molecule has 0 amide bonds. The summed E-state index contributed by atoms with van der Waals surface area (Å²) < 4.78 is 15.2. The van der Waals surface area contributed by atoms with Crippen LogP contribution in [0.5, 0.6) is 0 Å². The molecule has 2 N–H and O–H groups in total. The van der Waals surface area contributed by atoms with Gasteiger partial charge in [0.25, 0.3) is 0 Å². The van der Waals surface area contributed by atoms with Crippen LogP contribution in [-0.2, 0) is 13.1 Å². The topological polar surface area (TPSA) is 58.5 Å². The zero-order valence-electron chi connectivity index (χ0n) is 14.0. The number of hydrogen-bond donors (Lipinski definition) is 2. The Balaban J connectivity index is 1.55. The third kappa shape index (κ3) is 3.89. The maximum atomic E-state index is 13.1. The predicted octanol–water partition coefficient (Wildman–Crippen LogP) is 3.15. The summed E-state index contributed by atoms with van der Waals surface area (Å²) in [6, 6.07) is 6.44. The minimum Gasteiger partial charge on any atom is -0.335 e. The van der Waals surface area contributed by atoms with Crippen LogP contribution in [0.3, 0.4) is 0 Å². The lowest BCUT2D eigenvalue weighted by Gasteiger charge is -2.14. The molecule has 126 valence electrons. The number of H-pyrrole nitrogens is 1. The minimum atomic E-state index is -0.235. The molecule has 2 heterocycles. The Labute approximate surface area is 140 Å². The monoisotopic (exact) mass is 327 g/mol. The fraction of sp³-hybridized carbons (Fsp3) is 0.333. The number of benzene rings is 1. The molecular weight excluding hydrogens is 305 g/mol. The lowest BCUT2D eigenvalue weighted by molar-refractivity contribution is 0.440. The number of hydrogen-bond acceptors (Lipinski definition) is 3. The highest BCUT2D eigenvalue weighted by atomic mass is 19.1. The number of aromatic nitrogens is 4. The average molecular weight is 327 g/mol. The van der Waals surface area contributed by atoms with Crippen molar-refractivity contribution in [3.8, 4) is 11.3 Å². The fourth-order valence-corrected chi connectivity index (χ4v) is 2.76. The van der Waals surface area contributed by atoms with Gasteiger partial charge >= 0.3 is 0 Å². The summed E-state index contributed by atoms with van der Waals surface area (Å²) in [5.41, 5.74) is 2.95. The number of nitrogens with zero attached hydrogens (tertiary/aromatic N) is 3. The average Bonchev–Trinajstić information content (AvgIpc) is 3.18. The number of aromatic amines is 1. The molecule has 1 aromatic carbocycles. The first kappa shape index (κ1) is 16.4. The summed E-state index contributed by atoms with van der Waals surface area (Å²) >= 11 is 0. The van der Waals surface area contributed by atoms with Crippen molar-refractivity contribution < 1.29 is 4.39 Å². The smallest absolute Gasteiger partial charge is 0.123 e. The number of imidazole rings is 1. The Bertz CT molecular complexity index is 775. The van der Waals surface area contributed by atoms with Crippen molar-refractivity contribution in [3.05, 3.63) is 60.1 Å². The van der Waals surface area contributed by atoms with E-state index in [0.717, 1.165) is 42.3 Å². The summed E-state index contributed by atoms with van der Waals surface area (Å²) in [4.78, 5) is 4.25. The van der Waals surface area contributed by atoms with Gasteiger partial charge in [0.1, 0.15) is 11.6 Å². The molecule has 0 aliphatic heterocycles. The number of nitrogens with one attached hydrogen (secondary N) is 2. The van der Waals surface area contributed by atoms with E-state index in [1.807, 2.05) is 25.5 Å². The zero-order chi connectivity index (χ0) is 16.9. The molecule has 0 aliphatic carbocycles. The van der Waals surface area contributed by atoms with Gasteiger partial charge in [0.2, 0.25) is 0 Å². The fourth-order valence-electron chi connectivity index (χ4n) is 2.76. The van der Waals surface area contributed by atoms with Crippen molar-refractivity contribution >= 4 is 0 Å². The van der Waals surface area contributed by atoms with Crippen LogP contribution in [0, 0.1) is 18.7 Å². The molecule has 3 aromatic rings. The van der Waals surface area contributed by atoms with Gasteiger partial charge in [0, 0.05) is 36.6 Å². The van der Waals surface area contributed by atoms with Gasteiger partial charge in [0.15, 0.2) is 0 Å². The number of rotatable bonds is 7. The van der Waals surface area contributed by atoms with Crippen LogP contribution in [0.4, 0.5) is 4.39 Å². The number of aryl methyl sites for hydroxylation is 1. The van der Waals surface area contributed by atoms with E-state index in [-0.39, 0.29) is 5.82 Å². The van der Waals surface area contributed by atoms with E-state index in [9.17, 15) is 4.39 Å². The first-order valence-electron chi connectivity index (χ1n) is 8.10. The van der Waals surface area contributed by atoms with Gasteiger partial charge in [-0.05, 0) is 43.7 Å². The minimum absolute atomic E-state index is 0.235. The standard InChI is InChI=1S/C18H22FN5/c1-13(12-24-8-7-21-14(24)2)9-20-10-16-11-22-23-18(16)15-3-5-17(19)6-4-15/h3-8,11,13,20H,9-10,12H2,1-2H3,(H,22,23). The van der Waals surface area contributed by atoms with Crippen molar-refractivity contribution in [2.24, 2.45) is 5.92 Å². The molecule has 0 saturated carbocycles. The van der Waals surface area contributed by atoms with Crippen molar-refractivity contribution in [2.45, 2.75) is 26.9 Å². The Morgan fingerprint density at radius 2 is 2.08 bits per heavy atom. The van der Waals surface area contributed by atoms with Crippen molar-refractivity contribution in [3.63, 3.8) is 0 Å². The van der Waals surface area contributed by atoms with Crippen LogP contribution in [0.1, 0.15) is 18.3 Å². The molecule has 5 nitrogen and oxygen atoms in total. The van der Waals surface area contributed by atoms with Crippen LogP contribution >= 0.6 is 0 Å². The second kappa shape index (κ2) is 7.40. The summed E-state index contributed by atoms with van der Waals surface area (Å²) in [5.74, 6) is 1.29. The van der Waals surface area contributed by atoms with Gasteiger partial charge in [-0.1, -0.05) is 6.92 Å². The first-order valence-corrected chi connectivity index (χ1v) is 8.10. The normalized spacial score (nSPS) is 12.5. The molecule has 0 spiro atoms. The van der Waals surface area contributed by atoms with E-state index in [1.54, 1.807) is 12.1 Å². The lowest BCUT2D eigenvalue weighted by atomic mass is 10.1. The highest BCUT2D eigenvalue weighted by Gasteiger charge is 2.09. The molecule has 0 aliphatic rings. The molecule has 6 heteroatoms. The van der Waals surface area contributed by atoms with Crippen molar-refractivity contribution in [1.82, 2.24) is 25.1 Å². The Morgan fingerprint density at radius 3 is 2.79 bits per heavy atom. The van der Waals surface area contributed by atoms with E-state index in [0.29, 0.717) is 5.92 Å². The Hall–Kier alpha value is -2.47. The Morgan fingerprint density at radius 1 is 1.29 bits per heavy atom. The highest BCUT2D eigenvalue weighted by Crippen LogP contribution is 2.21. The van der Waals surface area contributed by atoms with Crippen LogP contribution in [0.25, 0.3) is 11.3 Å². The van der Waals surface area contributed by atoms with Gasteiger partial charge in [-0.25, -0.2) is 9.37 Å². The van der Waals surface area contributed by atoms with Crippen LogP contribution in [-0.4, -0.2) is 26.3 Å². The summed E-state index contributed by atoms with van der Waals surface area (Å²) in [7, 11) is 0. The maximum absolute atomic E-state index is 13.1. The van der Waals surface area contributed by atoms with E-state index in [2.05, 4.69) is 32.0 Å². The predicted molar refractivity (Wildman–Crippen MR) is 91.8 cm³/mol. The van der Waals surface area contributed by atoms with Gasteiger partial charge in [0.05, 0.1) is 11.9 Å². The Kier molecular flexibility index (Phi) is 5.05. The first-order chi connectivity index (χ1) is 11.6.